The molecule has 0 aliphatic carbocycles. The van der Waals surface area contributed by atoms with Crippen LogP contribution in [0.4, 0.5) is 5.69 Å². The Labute approximate surface area is 216 Å². The normalized spacial score (nSPS) is 16.9. The summed E-state index contributed by atoms with van der Waals surface area (Å²) in [4.78, 5) is 27.9. The lowest BCUT2D eigenvalue weighted by Gasteiger charge is -2.29. The molecule has 3 N–H and O–H groups in total. The van der Waals surface area contributed by atoms with Crippen LogP contribution in [0.3, 0.4) is 0 Å². The summed E-state index contributed by atoms with van der Waals surface area (Å²) in [6.07, 6.45) is 1.39. The number of amides is 2. The topological polar surface area (TPSA) is 108 Å². The van der Waals surface area contributed by atoms with E-state index in [1.54, 1.807) is 24.3 Å². The highest BCUT2D eigenvalue weighted by atomic mass is 35.5. The van der Waals surface area contributed by atoms with Crippen LogP contribution in [0.5, 0.6) is 0 Å². The number of hydrogen-bond acceptors (Lipinski definition) is 4. The van der Waals surface area contributed by atoms with Gasteiger partial charge in [-0.25, -0.2) is 0 Å². The fraction of sp³-hybridized carbons (Fsp3) is 0.417. The van der Waals surface area contributed by atoms with Gasteiger partial charge in [0.1, 0.15) is 12.1 Å². The average Bonchev–Trinajstić information content (AvgIpc) is 3.29. The minimum Gasteiger partial charge on any atom is -0.329 e. The van der Waals surface area contributed by atoms with Gasteiger partial charge in [-0.2, -0.15) is 17.9 Å². The van der Waals surface area contributed by atoms with E-state index in [0.717, 1.165) is 5.56 Å². The first-order valence-electron chi connectivity index (χ1n) is 11.4. The molecule has 0 saturated carbocycles. The van der Waals surface area contributed by atoms with Gasteiger partial charge in [-0.05, 0) is 48.9 Å². The van der Waals surface area contributed by atoms with E-state index >= 15 is 0 Å². The molecular formula is C24H30Cl2N4O4S. The Hall–Kier alpha value is -2.17. The molecule has 2 aromatic rings. The maximum Gasteiger partial charge on any atom is 0.277 e. The van der Waals surface area contributed by atoms with Crippen LogP contribution >= 0.6 is 23.2 Å². The average molecular weight is 542 g/mol. The first-order chi connectivity index (χ1) is 16.6. The number of nitrogens with one attached hydrogen (secondary N) is 3. The van der Waals surface area contributed by atoms with Crippen LogP contribution in [0.2, 0.25) is 10.0 Å². The van der Waals surface area contributed by atoms with E-state index < -0.39 is 28.2 Å². The molecular weight excluding hydrogens is 511 g/mol. The summed E-state index contributed by atoms with van der Waals surface area (Å²) in [7, 11) is -3.97. The zero-order chi connectivity index (χ0) is 25.6. The zero-order valence-electron chi connectivity index (χ0n) is 19.6. The lowest BCUT2D eigenvalue weighted by atomic mass is 10.0. The number of carbonyl (C=O) groups excluding carboxylic acids is 2. The van der Waals surface area contributed by atoms with Gasteiger partial charge in [0.25, 0.3) is 10.2 Å². The molecule has 2 amide bonds. The number of hydrogen-bond donors (Lipinski definition) is 3. The van der Waals surface area contributed by atoms with Crippen LogP contribution in [-0.4, -0.2) is 43.8 Å². The molecule has 3 rings (SSSR count). The van der Waals surface area contributed by atoms with Crippen LogP contribution in [0.25, 0.3) is 0 Å². The third-order valence-corrected chi connectivity index (χ3v) is 7.31. The second-order valence-corrected chi connectivity index (χ2v) is 11.3. The molecule has 0 spiro atoms. The van der Waals surface area contributed by atoms with Crippen molar-refractivity contribution in [3.05, 3.63) is 64.1 Å². The van der Waals surface area contributed by atoms with E-state index in [9.17, 15) is 18.0 Å². The van der Waals surface area contributed by atoms with Gasteiger partial charge in [0, 0.05) is 18.1 Å². The highest BCUT2D eigenvalue weighted by Gasteiger charge is 2.38. The molecule has 8 nitrogen and oxygen atoms in total. The van der Waals surface area contributed by atoms with E-state index in [2.05, 4.69) is 14.8 Å². The Morgan fingerprint density at radius 2 is 1.83 bits per heavy atom. The highest BCUT2D eigenvalue weighted by Crippen LogP contribution is 2.27. The van der Waals surface area contributed by atoms with Crippen LogP contribution in [0, 0.1) is 5.92 Å². The predicted octanol–water partition coefficient (Wildman–Crippen LogP) is 3.96. The van der Waals surface area contributed by atoms with Crippen molar-refractivity contribution >= 4 is 50.9 Å². The van der Waals surface area contributed by atoms with Gasteiger partial charge in [0.05, 0.1) is 10.7 Å². The van der Waals surface area contributed by atoms with E-state index in [0.29, 0.717) is 36.5 Å². The SMILES string of the molecule is CC(C)C[C@H](NS(=O)(=O)NCc1ccccc1)C(=O)N1CCC[C@H]1C(=O)Nc1ccc(Cl)cc1Cl. The number of rotatable bonds is 10. The minimum absolute atomic E-state index is 0.0449. The van der Waals surface area contributed by atoms with Gasteiger partial charge in [0.2, 0.25) is 11.8 Å². The van der Waals surface area contributed by atoms with E-state index in [1.165, 1.54) is 11.0 Å². The quantitative estimate of drug-likeness (QED) is 0.423. The second-order valence-electron chi connectivity index (χ2n) is 8.91. The fourth-order valence-corrected chi connectivity index (χ4v) is 5.45. The van der Waals surface area contributed by atoms with Crippen molar-refractivity contribution in [3.63, 3.8) is 0 Å². The molecule has 0 bridgehead atoms. The Kier molecular flexibility index (Phi) is 9.54. The number of nitrogens with zero attached hydrogens (tertiary/aromatic N) is 1. The summed E-state index contributed by atoms with van der Waals surface area (Å²) in [6, 6.07) is 12.1. The van der Waals surface area contributed by atoms with Crippen molar-refractivity contribution in [2.75, 3.05) is 11.9 Å². The molecule has 11 heteroatoms. The number of anilines is 1. The van der Waals surface area contributed by atoms with Crippen molar-refractivity contribution in [1.82, 2.24) is 14.3 Å². The molecule has 0 unspecified atom stereocenters. The van der Waals surface area contributed by atoms with E-state index in [4.69, 9.17) is 23.2 Å². The molecule has 1 fully saturated rings. The molecule has 1 saturated heterocycles. The predicted molar refractivity (Wildman–Crippen MR) is 138 cm³/mol. The van der Waals surface area contributed by atoms with Crippen molar-refractivity contribution in [2.24, 2.45) is 5.92 Å². The van der Waals surface area contributed by atoms with Crippen molar-refractivity contribution < 1.29 is 18.0 Å². The van der Waals surface area contributed by atoms with Crippen molar-refractivity contribution in [3.8, 4) is 0 Å². The Balaban J connectivity index is 1.70. The molecule has 190 valence electrons. The van der Waals surface area contributed by atoms with E-state index in [1.807, 2.05) is 32.0 Å². The fourth-order valence-electron chi connectivity index (χ4n) is 3.98. The maximum absolute atomic E-state index is 13.5. The summed E-state index contributed by atoms with van der Waals surface area (Å²) in [5.41, 5.74) is 1.19. The van der Waals surface area contributed by atoms with Gasteiger partial charge in [-0.15, -0.1) is 0 Å². The summed E-state index contributed by atoms with van der Waals surface area (Å²) in [5.74, 6) is -0.763. The highest BCUT2D eigenvalue weighted by molar-refractivity contribution is 7.87. The number of carbonyl (C=O) groups is 2. The molecule has 1 aliphatic heterocycles. The van der Waals surface area contributed by atoms with Gasteiger partial charge in [0.15, 0.2) is 0 Å². The van der Waals surface area contributed by atoms with Gasteiger partial charge >= 0.3 is 0 Å². The Morgan fingerprint density at radius 3 is 2.49 bits per heavy atom. The summed E-state index contributed by atoms with van der Waals surface area (Å²) < 4.78 is 30.5. The first kappa shape index (κ1) is 27.4. The Morgan fingerprint density at radius 1 is 1.11 bits per heavy atom. The Bertz CT molecular complexity index is 1150. The number of halogens is 2. The first-order valence-corrected chi connectivity index (χ1v) is 13.7. The van der Waals surface area contributed by atoms with Crippen LogP contribution in [-0.2, 0) is 26.3 Å². The second kappa shape index (κ2) is 12.2. The monoisotopic (exact) mass is 540 g/mol. The number of likely N-dealkylation sites (tertiary alicyclic amines) is 1. The molecule has 0 aromatic heterocycles. The molecule has 1 heterocycles. The third-order valence-electron chi connectivity index (χ3n) is 5.64. The van der Waals surface area contributed by atoms with E-state index in [-0.39, 0.29) is 23.4 Å². The number of benzene rings is 2. The molecule has 1 aliphatic rings. The molecule has 2 aromatic carbocycles. The smallest absolute Gasteiger partial charge is 0.277 e. The maximum atomic E-state index is 13.5. The molecule has 2 atom stereocenters. The van der Waals surface area contributed by atoms with Gasteiger partial charge in [-0.3, -0.25) is 9.59 Å². The van der Waals surface area contributed by atoms with Gasteiger partial charge < -0.3 is 10.2 Å². The lowest BCUT2D eigenvalue weighted by molar-refractivity contribution is -0.138. The molecule has 0 radical (unpaired) electrons. The summed E-state index contributed by atoms with van der Waals surface area (Å²) in [6.45, 7) is 4.26. The van der Waals surface area contributed by atoms with Crippen LogP contribution < -0.4 is 14.8 Å². The summed E-state index contributed by atoms with van der Waals surface area (Å²) >= 11 is 12.1. The zero-order valence-corrected chi connectivity index (χ0v) is 22.0. The largest absolute Gasteiger partial charge is 0.329 e. The van der Waals surface area contributed by atoms with Crippen molar-refractivity contribution in [2.45, 2.75) is 51.7 Å². The minimum atomic E-state index is -3.97. The van der Waals surface area contributed by atoms with Crippen LogP contribution in [0.15, 0.2) is 48.5 Å². The van der Waals surface area contributed by atoms with Crippen molar-refractivity contribution in [1.29, 1.82) is 0 Å². The lowest BCUT2D eigenvalue weighted by Crippen LogP contribution is -2.54. The standard InChI is InChI=1S/C24H30Cl2N4O4S/c1-16(2)13-21(29-35(33,34)27-15-17-7-4-3-5-8-17)24(32)30-12-6-9-22(30)23(31)28-20-11-10-18(25)14-19(20)26/h3-5,7-8,10-11,14,16,21-22,27,29H,6,9,12-13,15H2,1-2H3,(H,28,31)/t21-,22-/m0/s1. The third kappa shape index (κ3) is 7.91. The summed E-state index contributed by atoms with van der Waals surface area (Å²) in [5, 5.41) is 3.48. The molecule has 35 heavy (non-hydrogen) atoms. The van der Waals surface area contributed by atoms with Gasteiger partial charge in [-0.1, -0.05) is 67.4 Å². The van der Waals surface area contributed by atoms with Crippen LogP contribution in [0.1, 0.15) is 38.7 Å².